The van der Waals surface area contributed by atoms with Crippen molar-refractivity contribution in [3.63, 3.8) is 0 Å². The molecular formula is C18H16N2O. The van der Waals surface area contributed by atoms with Crippen molar-refractivity contribution in [1.29, 1.82) is 0 Å². The highest BCUT2D eigenvalue weighted by molar-refractivity contribution is 6.19. The van der Waals surface area contributed by atoms with Crippen LogP contribution in [0.1, 0.15) is 22.3 Å². The second kappa shape index (κ2) is 5.37. The maximum absolute atomic E-state index is 12.0. The van der Waals surface area contributed by atoms with Gasteiger partial charge in [-0.05, 0) is 42.7 Å². The van der Waals surface area contributed by atoms with Gasteiger partial charge in [0.25, 0.3) is 5.91 Å². The Kier molecular flexibility index (Phi) is 3.40. The number of aryl methyl sites for hydroxylation is 2. The highest BCUT2D eigenvalue weighted by Crippen LogP contribution is 2.17. The van der Waals surface area contributed by atoms with Crippen LogP contribution in [-0.4, -0.2) is 11.7 Å². The lowest BCUT2D eigenvalue weighted by atomic mass is 10.1. The number of carbonyl (C=O) groups excluding carboxylic acids is 1. The van der Waals surface area contributed by atoms with Crippen molar-refractivity contribution >= 4 is 17.8 Å². The summed E-state index contributed by atoms with van der Waals surface area (Å²) >= 11 is 0. The largest absolute Gasteiger partial charge is 0.305 e. The molecular weight excluding hydrogens is 260 g/mol. The minimum Gasteiger partial charge on any atom is -0.305 e. The zero-order valence-electron chi connectivity index (χ0n) is 12.1. The number of amides is 1. The smallest absolute Gasteiger partial charge is 0.275 e. The lowest BCUT2D eigenvalue weighted by molar-refractivity contribution is -0.115. The number of nitrogens with one attached hydrogen (secondary N) is 1. The van der Waals surface area contributed by atoms with Crippen LogP contribution >= 0.6 is 0 Å². The zero-order chi connectivity index (χ0) is 14.8. The van der Waals surface area contributed by atoms with Gasteiger partial charge in [0.15, 0.2) is 0 Å². The zero-order valence-corrected chi connectivity index (χ0v) is 12.1. The van der Waals surface area contributed by atoms with E-state index in [4.69, 9.17) is 0 Å². The molecule has 0 saturated carbocycles. The van der Waals surface area contributed by atoms with Crippen LogP contribution in [0.2, 0.25) is 0 Å². The summed E-state index contributed by atoms with van der Waals surface area (Å²) in [5, 5.41) is 2.83. The molecule has 104 valence electrons. The molecule has 0 aromatic heterocycles. The van der Waals surface area contributed by atoms with Crippen LogP contribution in [0, 0.1) is 13.8 Å². The number of amidine groups is 1. The number of nitrogens with zero attached hydrogens (tertiary/aromatic N) is 1. The molecule has 1 N–H and O–H groups in total. The summed E-state index contributed by atoms with van der Waals surface area (Å²) in [4.78, 5) is 16.4. The summed E-state index contributed by atoms with van der Waals surface area (Å²) in [6.07, 6.45) is 1.80. The molecule has 0 bridgehead atoms. The van der Waals surface area contributed by atoms with E-state index < -0.39 is 0 Å². The van der Waals surface area contributed by atoms with E-state index in [1.165, 1.54) is 11.1 Å². The number of hydrogen-bond acceptors (Lipinski definition) is 2. The topological polar surface area (TPSA) is 41.5 Å². The first-order chi connectivity index (χ1) is 10.1. The third-order valence-corrected chi connectivity index (χ3v) is 3.58. The average Bonchev–Trinajstić information content (AvgIpc) is 2.84. The number of benzene rings is 2. The lowest BCUT2D eigenvalue weighted by Crippen LogP contribution is -2.24. The van der Waals surface area contributed by atoms with E-state index in [9.17, 15) is 4.79 Å². The van der Waals surface area contributed by atoms with Crippen LogP contribution in [0.3, 0.4) is 0 Å². The van der Waals surface area contributed by atoms with Crippen LogP contribution in [0.15, 0.2) is 59.2 Å². The first-order valence-corrected chi connectivity index (χ1v) is 6.88. The summed E-state index contributed by atoms with van der Waals surface area (Å²) in [5.74, 6) is 0.456. The fourth-order valence-corrected chi connectivity index (χ4v) is 2.20. The van der Waals surface area contributed by atoms with Gasteiger partial charge in [0.1, 0.15) is 11.5 Å². The lowest BCUT2D eigenvalue weighted by Gasteiger charge is -2.04. The van der Waals surface area contributed by atoms with Gasteiger partial charge in [-0.1, -0.05) is 42.5 Å². The Balaban J connectivity index is 1.95. The van der Waals surface area contributed by atoms with Crippen molar-refractivity contribution in [1.82, 2.24) is 5.32 Å². The molecule has 2 aromatic carbocycles. The molecule has 0 radical (unpaired) electrons. The third kappa shape index (κ3) is 2.77. The van der Waals surface area contributed by atoms with E-state index in [1.807, 2.05) is 48.5 Å². The summed E-state index contributed by atoms with van der Waals surface area (Å²) in [5.41, 5.74) is 4.75. The van der Waals surface area contributed by atoms with E-state index in [0.717, 1.165) is 11.1 Å². The quantitative estimate of drug-likeness (QED) is 0.841. The molecule has 0 unspecified atom stereocenters. The number of aliphatic imine (C=N–C) groups is 1. The summed E-state index contributed by atoms with van der Waals surface area (Å²) in [7, 11) is 0. The van der Waals surface area contributed by atoms with Crippen molar-refractivity contribution in [2.75, 3.05) is 0 Å². The highest BCUT2D eigenvalue weighted by atomic mass is 16.2. The molecule has 1 aliphatic heterocycles. The van der Waals surface area contributed by atoms with Gasteiger partial charge >= 0.3 is 0 Å². The maximum Gasteiger partial charge on any atom is 0.275 e. The number of rotatable bonds is 2. The van der Waals surface area contributed by atoms with E-state index in [1.54, 1.807) is 6.08 Å². The Morgan fingerprint density at radius 1 is 1.00 bits per heavy atom. The Hall–Kier alpha value is -2.68. The Bertz CT molecular complexity index is 758. The molecule has 3 rings (SSSR count). The van der Waals surface area contributed by atoms with E-state index in [-0.39, 0.29) is 5.91 Å². The Morgan fingerprint density at radius 3 is 2.48 bits per heavy atom. The van der Waals surface area contributed by atoms with E-state index in [0.29, 0.717) is 11.5 Å². The fraction of sp³-hybridized carbons (Fsp3) is 0.111. The van der Waals surface area contributed by atoms with Crippen LogP contribution in [0.25, 0.3) is 6.08 Å². The molecule has 0 spiro atoms. The Labute approximate surface area is 124 Å². The van der Waals surface area contributed by atoms with Crippen molar-refractivity contribution in [2.45, 2.75) is 13.8 Å². The van der Waals surface area contributed by atoms with Crippen LogP contribution in [0.4, 0.5) is 0 Å². The molecule has 1 aliphatic rings. The minimum absolute atomic E-state index is 0.160. The first-order valence-electron chi connectivity index (χ1n) is 6.88. The van der Waals surface area contributed by atoms with Crippen molar-refractivity contribution in [3.05, 3.63) is 76.5 Å². The molecule has 0 saturated heterocycles. The summed E-state index contributed by atoms with van der Waals surface area (Å²) < 4.78 is 0. The van der Waals surface area contributed by atoms with Gasteiger partial charge in [0.05, 0.1) is 0 Å². The van der Waals surface area contributed by atoms with Gasteiger partial charge in [0, 0.05) is 5.56 Å². The summed E-state index contributed by atoms with van der Waals surface area (Å²) in [6, 6.07) is 15.8. The minimum atomic E-state index is -0.160. The van der Waals surface area contributed by atoms with Crippen molar-refractivity contribution < 1.29 is 4.79 Å². The SMILES string of the molecule is Cc1ccc(C2=N/C(=C/c3ccccc3)C(=O)N2)cc1C. The average molecular weight is 276 g/mol. The van der Waals surface area contributed by atoms with Gasteiger partial charge in [-0.15, -0.1) is 0 Å². The van der Waals surface area contributed by atoms with E-state index in [2.05, 4.69) is 24.2 Å². The standard InChI is InChI=1S/C18H16N2O/c1-12-8-9-15(10-13(12)2)17-19-16(18(21)20-17)11-14-6-4-3-5-7-14/h3-11H,1-2H3,(H,19,20,21)/b16-11+. The summed E-state index contributed by atoms with van der Waals surface area (Å²) in [6.45, 7) is 4.12. The molecule has 3 nitrogen and oxygen atoms in total. The predicted octanol–water partition coefficient (Wildman–Crippen LogP) is 3.22. The molecule has 0 fully saturated rings. The highest BCUT2D eigenvalue weighted by Gasteiger charge is 2.21. The van der Waals surface area contributed by atoms with E-state index >= 15 is 0 Å². The molecule has 1 amide bonds. The molecule has 0 aliphatic carbocycles. The fourth-order valence-electron chi connectivity index (χ4n) is 2.20. The molecule has 3 heteroatoms. The molecule has 0 atom stereocenters. The predicted molar refractivity (Wildman–Crippen MR) is 85.0 cm³/mol. The molecule has 2 aromatic rings. The monoisotopic (exact) mass is 276 g/mol. The van der Waals surface area contributed by atoms with Gasteiger partial charge in [0.2, 0.25) is 0 Å². The third-order valence-electron chi connectivity index (χ3n) is 3.58. The molecule has 21 heavy (non-hydrogen) atoms. The second-order valence-electron chi connectivity index (χ2n) is 5.15. The van der Waals surface area contributed by atoms with Gasteiger partial charge < -0.3 is 5.32 Å². The second-order valence-corrected chi connectivity index (χ2v) is 5.15. The van der Waals surface area contributed by atoms with Crippen molar-refractivity contribution in [2.24, 2.45) is 4.99 Å². The first kappa shape index (κ1) is 13.3. The number of carbonyl (C=O) groups is 1. The van der Waals surface area contributed by atoms with Crippen LogP contribution in [-0.2, 0) is 4.79 Å². The Morgan fingerprint density at radius 2 is 1.76 bits per heavy atom. The van der Waals surface area contributed by atoms with Crippen molar-refractivity contribution in [3.8, 4) is 0 Å². The normalized spacial score (nSPS) is 16.0. The van der Waals surface area contributed by atoms with Gasteiger partial charge in [-0.2, -0.15) is 0 Å². The maximum atomic E-state index is 12.0. The van der Waals surface area contributed by atoms with Gasteiger partial charge in [-0.3, -0.25) is 4.79 Å². The number of hydrogen-bond donors (Lipinski definition) is 1. The molecule has 1 heterocycles. The van der Waals surface area contributed by atoms with Crippen LogP contribution in [0.5, 0.6) is 0 Å². The van der Waals surface area contributed by atoms with Gasteiger partial charge in [-0.25, -0.2) is 4.99 Å². The van der Waals surface area contributed by atoms with Crippen LogP contribution < -0.4 is 5.32 Å².